The van der Waals surface area contributed by atoms with E-state index in [0.717, 1.165) is 12.5 Å². The minimum atomic E-state index is -1.61. The van der Waals surface area contributed by atoms with Crippen molar-refractivity contribution < 1.29 is 18.4 Å². The molecule has 160 valence electrons. The smallest absolute Gasteiger partial charge is 0.333 e. The fourth-order valence-corrected chi connectivity index (χ4v) is 11.5. The van der Waals surface area contributed by atoms with Crippen LogP contribution in [0.2, 0.25) is 38.3 Å². The van der Waals surface area contributed by atoms with Crippen molar-refractivity contribution in [3.63, 3.8) is 0 Å². The van der Waals surface area contributed by atoms with E-state index in [1.165, 1.54) is 18.9 Å². The summed E-state index contributed by atoms with van der Waals surface area (Å²) >= 11 is 0. The molecular weight excluding hydrogens is 360 g/mol. The predicted molar refractivity (Wildman–Crippen MR) is 122 cm³/mol. The van der Waals surface area contributed by atoms with Crippen LogP contribution in [0.4, 0.5) is 0 Å². The molecule has 0 aliphatic carbocycles. The fourth-order valence-electron chi connectivity index (χ4n) is 2.47. The van der Waals surface area contributed by atoms with Gasteiger partial charge in [0.05, 0.1) is 6.61 Å². The summed E-state index contributed by atoms with van der Waals surface area (Å²) in [5.74, 6) is -0.352. The van der Waals surface area contributed by atoms with Gasteiger partial charge in [0.25, 0.3) is 0 Å². The zero-order valence-corrected chi connectivity index (χ0v) is 18.0. The first-order chi connectivity index (χ1) is 10.6. The van der Waals surface area contributed by atoms with E-state index in [9.17, 15) is 4.79 Å². The molecule has 0 aromatic rings. The quantitative estimate of drug-likeness (QED) is 0.148. The highest BCUT2D eigenvalue weighted by molar-refractivity contribution is 6.84. The summed E-state index contributed by atoms with van der Waals surface area (Å²) in [7, 11) is -3.11. The Morgan fingerprint density at radius 1 is 0.885 bits per heavy atom. The topological polar surface area (TPSA) is 44.8 Å². The van der Waals surface area contributed by atoms with E-state index >= 15 is 0 Å². The molecule has 0 amide bonds. The lowest BCUT2D eigenvalue weighted by Gasteiger charge is -2.34. The maximum Gasteiger partial charge on any atom is 0.333 e. The van der Waals surface area contributed by atoms with Crippen molar-refractivity contribution in [2.24, 2.45) is 0 Å². The third kappa shape index (κ3) is 18.4. The lowest BCUT2D eigenvalue weighted by atomic mass is 10.4. The Labute approximate surface area is 167 Å². The number of carbonyl (C=O) groups excluding carboxylic acids is 1. The van der Waals surface area contributed by atoms with Crippen LogP contribution in [-0.2, 0) is 18.4 Å². The first-order valence-electron chi connectivity index (χ1n) is 8.70. The molecule has 0 aliphatic heterocycles. The maximum atomic E-state index is 11.2. The van der Waals surface area contributed by atoms with E-state index < -0.39 is 16.6 Å². The average molecular weight is 409 g/mol. The van der Waals surface area contributed by atoms with Crippen molar-refractivity contribution in [1.82, 2.24) is 0 Å². The number of esters is 1. The summed E-state index contributed by atoms with van der Waals surface area (Å²) in [6.45, 7) is 18.1. The number of hydrogen-bond acceptors (Lipinski definition) is 4. The highest BCUT2D eigenvalue weighted by atomic mass is 28.4. The maximum absolute atomic E-state index is 11.2. The minimum absolute atomic E-state index is 0. The van der Waals surface area contributed by atoms with Crippen LogP contribution in [0.15, 0.2) is 12.2 Å². The Bertz CT molecular complexity index is 369. The summed E-state index contributed by atoms with van der Waals surface area (Å²) in [4.78, 5) is 11.2. The molecule has 26 heavy (non-hydrogen) atoms. The number of carbonyl (C=O) groups is 1. The second-order valence-corrected chi connectivity index (χ2v) is 16.2. The van der Waals surface area contributed by atoms with Crippen LogP contribution >= 0.6 is 0 Å². The fraction of sp³-hybridized carbons (Fsp3) is 0.850. The van der Waals surface area contributed by atoms with E-state index in [1.54, 1.807) is 6.92 Å². The van der Waals surface area contributed by atoms with Crippen LogP contribution in [0.5, 0.6) is 0 Å². The number of ether oxygens (including phenoxy) is 2. The van der Waals surface area contributed by atoms with Crippen LogP contribution in [0.1, 0.15) is 55.4 Å². The summed E-state index contributed by atoms with van der Waals surface area (Å²) in [6.07, 6.45) is 3.52. The number of unbranched alkanes of at least 4 members (excludes halogenated alkanes) is 1. The summed E-state index contributed by atoms with van der Waals surface area (Å²) in [5, 5.41) is 0. The molecule has 0 aliphatic rings. The Morgan fingerprint density at radius 2 is 1.38 bits per heavy atom. The van der Waals surface area contributed by atoms with E-state index in [1.807, 2.05) is 0 Å². The predicted octanol–water partition coefficient (Wildman–Crippen LogP) is 6.65. The van der Waals surface area contributed by atoms with Gasteiger partial charge in [-0.2, -0.15) is 0 Å². The van der Waals surface area contributed by atoms with Gasteiger partial charge in [-0.3, -0.25) is 0 Å². The molecule has 0 fully saturated rings. The van der Waals surface area contributed by atoms with Crippen molar-refractivity contribution in [2.45, 2.75) is 93.7 Å². The molecule has 0 aromatic carbocycles. The summed E-state index contributed by atoms with van der Waals surface area (Å²) < 4.78 is 17.1. The molecule has 0 radical (unpaired) electrons. The van der Waals surface area contributed by atoms with Crippen LogP contribution in [0, 0.1) is 0 Å². The third-order valence-corrected chi connectivity index (χ3v) is 11.1. The number of rotatable bonds is 13. The Hall–Kier alpha value is -0.436. The molecular formula is C20H48O4Si2. The van der Waals surface area contributed by atoms with Gasteiger partial charge < -0.3 is 13.6 Å². The van der Waals surface area contributed by atoms with Crippen molar-refractivity contribution in [3.05, 3.63) is 12.2 Å². The minimum Gasteiger partial charge on any atom is -0.460 e. The molecule has 0 bridgehead atoms. The van der Waals surface area contributed by atoms with Crippen molar-refractivity contribution >= 4 is 22.6 Å². The van der Waals surface area contributed by atoms with Gasteiger partial charge >= 0.3 is 5.97 Å². The lowest BCUT2D eigenvalue weighted by Crippen LogP contribution is -2.44. The standard InChI is InChI=1S/C17H36O4Si2.3CH4/c1-8-9-14-22(4,5)21-23(6,7)15-10-11-19-12-13-20-17(18)16(2)3;;;/h2,8-15H2,1,3-7H3;3*1H4. The molecule has 0 rings (SSSR count). The van der Waals surface area contributed by atoms with Gasteiger partial charge in [-0.05, 0) is 51.6 Å². The van der Waals surface area contributed by atoms with Crippen LogP contribution < -0.4 is 0 Å². The van der Waals surface area contributed by atoms with Crippen LogP contribution in [0.3, 0.4) is 0 Å². The largest absolute Gasteiger partial charge is 0.460 e. The molecule has 0 unspecified atom stereocenters. The van der Waals surface area contributed by atoms with Crippen molar-refractivity contribution in [2.75, 3.05) is 19.8 Å². The third-order valence-electron chi connectivity index (χ3n) is 3.56. The SMILES string of the molecule is C.C.C.C=C(C)C(=O)OCCOCCC[Si](C)(C)O[Si](C)(C)CCCC. The van der Waals surface area contributed by atoms with Gasteiger partial charge in [0.1, 0.15) is 6.61 Å². The molecule has 4 nitrogen and oxygen atoms in total. The lowest BCUT2D eigenvalue weighted by molar-refractivity contribution is -0.140. The van der Waals surface area contributed by atoms with E-state index in [2.05, 4.69) is 39.7 Å². The van der Waals surface area contributed by atoms with Gasteiger partial charge in [-0.1, -0.05) is 48.6 Å². The molecule has 6 heteroatoms. The van der Waals surface area contributed by atoms with Gasteiger partial charge in [-0.25, -0.2) is 4.79 Å². The van der Waals surface area contributed by atoms with E-state index in [4.69, 9.17) is 13.6 Å². The van der Waals surface area contributed by atoms with E-state index in [-0.39, 0.29) is 28.2 Å². The first kappa shape index (κ1) is 33.2. The molecule has 0 N–H and O–H groups in total. The zero-order chi connectivity index (χ0) is 17.9. The Kier molecular flexibility index (Phi) is 21.3. The molecule has 0 saturated carbocycles. The Balaban J connectivity index is -0.000000807. The van der Waals surface area contributed by atoms with Crippen LogP contribution in [0.25, 0.3) is 0 Å². The molecule has 0 heterocycles. The normalized spacial score (nSPS) is 10.8. The summed E-state index contributed by atoms with van der Waals surface area (Å²) in [6, 6.07) is 2.37. The van der Waals surface area contributed by atoms with Gasteiger partial charge in [0.15, 0.2) is 16.6 Å². The average Bonchev–Trinajstić information content (AvgIpc) is 2.42. The highest BCUT2D eigenvalue weighted by Gasteiger charge is 2.31. The van der Waals surface area contributed by atoms with Crippen molar-refractivity contribution in [3.8, 4) is 0 Å². The van der Waals surface area contributed by atoms with Crippen molar-refractivity contribution in [1.29, 1.82) is 0 Å². The molecule has 0 aromatic heterocycles. The second-order valence-electron chi connectivity index (χ2n) is 7.36. The van der Waals surface area contributed by atoms with Crippen LogP contribution in [-0.4, -0.2) is 42.4 Å². The van der Waals surface area contributed by atoms with Gasteiger partial charge in [-0.15, -0.1) is 0 Å². The molecule has 0 spiro atoms. The highest BCUT2D eigenvalue weighted by Crippen LogP contribution is 2.24. The number of hydrogen-bond donors (Lipinski definition) is 0. The van der Waals surface area contributed by atoms with Gasteiger partial charge in [0, 0.05) is 12.2 Å². The monoisotopic (exact) mass is 408 g/mol. The first-order valence-corrected chi connectivity index (χ1v) is 14.9. The summed E-state index contributed by atoms with van der Waals surface area (Å²) in [5.41, 5.74) is 0.421. The zero-order valence-electron chi connectivity index (χ0n) is 16.0. The molecule has 0 saturated heterocycles. The second kappa shape index (κ2) is 16.7. The van der Waals surface area contributed by atoms with E-state index in [0.29, 0.717) is 25.4 Å². The molecule has 0 atom stereocenters. The Morgan fingerprint density at radius 3 is 1.85 bits per heavy atom. The van der Waals surface area contributed by atoms with Gasteiger partial charge in [0.2, 0.25) is 0 Å².